The van der Waals surface area contributed by atoms with Crippen molar-refractivity contribution in [1.29, 1.82) is 0 Å². The number of nitrogens with one attached hydrogen (secondary N) is 1. The molecular formula is C19H24FN3O3. The lowest BCUT2D eigenvalue weighted by atomic mass is 9.88. The number of carbonyl (C=O) groups is 2. The van der Waals surface area contributed by atoms with Gasteiger partial charge in [0.05, 0.1) is 5.69 Å². The maximum absolute atomic E-state index is 13.0. The summed E-state index contributed by atoms with van der Waals surface area (Å²) in [5.41, 5.74) is 1.33. The number of halogens is 1. The highest BCUT2D eigenvalue weighted by Gasteiger charge is 2.25. The Balaban J connectivity index is 2.15. The summed E-state index contributed by atoms with van der Waals surface area (Å²) in [7, 11) is 0. The van der Waals surface area contributed by atoms with Crippen LogP contribution in [0.25, 0.3) is 5.69 Å². The first-order valence-electron chi connectivity index (χ1n) is 8.43. The Morgan fingerprint density at radius 3 is 2.42 bits per heavy atom. The fraction of sp³-hybridized carbons (Fsp3) is 0.421. The van der Waals surface area contributed by atoms with E-state index in [0.717, 1.165) is 0 Å². The van der Waals surface area contributed by atoms with Gasteiger partial charge in [0.25, 0.3) is 5.91 Å². The molecule has 6 nitrogen and oxygen atoms in total. The molecule has 0 saturated carbocycles. The molecule has 0 aliphatic carbocycles. The minimum absolute atomic E-state index is 0.0293. The highest BCUT2D eigenvalue weighted by molar-refractivity contribution is 5.96. The van der Waals surface area contributed by atoms with Crippen LogP contribution in [0.4, 0.5) is 4.39 Å². The van der Waals surface area contributed by atoms with Crippen molar-refractivity contribution >= 4 is 11.9 Å². The Morgan fingerprint density at radius 1 is 1.27 bits per heavy atom. The first-order valence-corrected chi connectivity index (χ1v) is 8.43. The fourth-order valence-electron chi connectivity index (χ4n) is 2.47. The maximum atomic E-state index is 13.0. The van der Waals surface area contributed by atoms with Crippen LogP contribution in [0.2, 0.25) is 0 Å². The molecule has 0 aliphatic heterocycles. The molecule has 2 N–H and O–H groups in total. The van der Waals surface area contributed by atoms with Crippen molar-refractivity contribution in [2.45, 2.75) is 46.6 Å². The standard InChI is InChI=1S/C19H24FN3O3/c1-12-11-23(14-7-5-13(20)6-8-14)22-16(12)17(24)21-15(18(25)26)9-10-19(2,3)4/h5-8,11,15H,9-10H2,1-4H3,(H,21,24)(H,25,26). The third-order valence-corrected chi connectivity index (χ3v) is 3.99. The molecule has 1 aromatic heterocycles. The van der Waals surface area contributed by atoms with Gasteiger partial charge in [-0.05, 0) is 49.4 Å². The second kappa shape index (κ2) is 7.68. The largest absolute Gasteiger partial charge is 0.480 e. The molecule has 0 spiro atoms. The predicted octanol–water partition coefficient (Wildman–Crippen LogP) is 3.33. The number of aryl methyl sites for hydroxylation is 1. The van der Waals surface area contributed by atoms with Crippen molar-refractivity contribution in [3.8, 4) is 5.69 Å². The van der Waals surface area contributed by atoms with Crippen molar-refractivity contribution in [3.63, 3.8) is 0 Å². The first kappa shape index (κ1) is 19.6. The van der Waals surface area contributed by atoms with Crippen LogP contribution in [0.5, 0.6) is 0 Å². The number of aromatic nitrogens is 2. The third kappa shape index (κ3) is 5.15. The smallest absolute Gasteiger partial charge is 0.326 e. The van der Waals surface area contributed by atoms with E-state index in [9.17, 15) is 19.1 Å². The van der Waals surface area contributed by atoms with Crippen LogP contribution in [-0.4, -0.2) is 32.8 Å². The quantitative estimate of drug-likeness (QED) is 0.827. The Hall–Kier alpha value is -2.70. The van der Waals surface area contributed by atoms with E-state index in [2.05, 4.69) is 10.4 Å². The van der Waals surface area contributed by atoms with Gasteiger partial charge in [-0.25, -0.2) is 13.9 Å². The summed E-state index contributed by atoms with van der Waals surface area (Å²) >= 11 is 0. The molecule has 140 valence electrons. The van der Waals surface area contributed by atoms with Crippen molar-refractivity contribution in [2.24, 2.45) is 5.41 Å². The predicted molar refractivity (Wildman–Crippen MR) is 95.8 cm³/mol. The average Bonchev–Trinajstić information content (AvgIpc) is 2.92. The number of carboxylic acid groups (broad SMARTS) is 1. The zero-order chi connectivity index (χ0) is 19.5. The van der Waals surface area contributed by atoms with Gasteiger partial charge >= 0.3 is 5.97 Å². The Labute approximate surface area is 152 Å². The molecule has 0 radical (unpaired) electrons. The molecule has 0 aliphatic rings. The number of nitrogens with zero attached hydrogens (tertiary/aromatic N) is 2. The highest BCUT2D eigenvalue weighted by atomic mass is 19.1. The van der Waals surface area contributed by atoms with E-state index in [1.807, 2.05) is 20.8 Å². The first-order chi connectivity index (χ1) is 12.1. The van der Waals surface area contributed by atoms with Crippen LogP contribution in [0.15, 0.2) is 30.5 Å². The number of carbonyl (C=O) groups excluding carboxylic acids is 1. The lowest BCUT2D eigenvalue weighted by molar-refractivity contribution is -0.139. The van der Waals surface area contributed by atoms with E-state index in [1.54, 1.807) is 25.3 Å². The van der Waals surface area contributed by atoms with Crippen LogP contribution in [0.3, 0.4) is 0 Å². The van der Waals surface area contributed by atoms with Crippen LogP contribution in [0.1, 0.15) is 49.7 Å². The summed E-state index contributed by atoms with van der Waals surface area (Å²) in [6, 6.07) is 4.73. The molecule has 7 heteroatoms. The molecule has 0 fully saturated rings. The summed E-state index contributed by atoms with van der Waals surface area (Å²) in [5.74, 6) is -1.97. The van der Waals surface area contributed by atoms with Crippen LogP contribution < -0.4 is 5.32 Å². The summed E-state index contributed by atoms with van der Waals surface area (Å²) in [4.78, 5) is 23.9. The lowest BCUT2D eigenvalue weighted by Gasteiger charge is -2.21. The van der Waals surface area contributed by atoms with E-state index in [0.29, 0.717) is 24.1 Å². The molecule has 0 bridgehead atoms. The van der Waals surface area contributed by atoms with E-state index in [1.165, 1.54) is 16.8 Å². The number of rotatable bonds is 6. The normalized spacial score (nSPS) is 12.7. The van der Waals surface area contributed by atoms with Gasteiger partial charge in [0, 0.05) is 11.8 Å². The summed E-state index contributed by atoms with van der Waals surface area (Å²) < 4.78 is 14.5. The Morgan fingerprint density at radius 2 is 1.88 bits per heavy atom. The van der Waals surface area contributed by atoms with Gasteiger partial charge in [-0.2, -0.15) is 5.10 Å². The van der Waals surface area contributed by atoms with E-state index in [-0.39, 0.29) is 16.9 Å². The zero-order valence-electron chi connectivity index (χ0n) is 15.4. The molecule has 1 atom stereocenters. The van der Waals surface area contributed by atoms with Crippen molar-refractivity contribution in [1.82, 2.24) is 15.1 Å². The molecule has 1 amide bonds. The second-order valence-electron chi connectivity index (χ2n) is 7.55. The Kier molecular flexibility index (Phi) is 5.79. The maximum Gasteiger partial charge on any atom is 0.326 e. The Bertz CT molecular complexity index is 791. The summed E-state index contributed by atoms with van der Waals surface area (Å²) in [5, 5.41) is 16.1. The zero-order valence-corrected chi connectivity index (χ0v) is 15.4. The number of hydrogen-bond acceptors (Lipinski definition) is 3. The topological polar surface area (TPSA) is 84.2 Å². The van der Waals surface area contributed by atoms with Gasteiger partial charge in [-0.3, -0.25) is 4.79 Å². The van der Waals surface area contributed by atoms with Gasteiger partial charge in [0.2, 0.25) is 0 Å². The SMILES string of the molecule is Cc1cn(-c2ccc(F)cc2)nc1C(=O)NC(CCC(C)(C)C)C(=O)O. The molecule has 2 aromatic rings. The van der Waals surface area contributed by atoms with E-state index >= 15 is 0 Å². The minimum atomic E-state index is -1.07. The summed E-state index contributed by atoms with van der Waals surface area (Å²) in [6.07, 6.45) is 2.64. The number of benzene rings is 1. The van der Waals surface area contributed by atoms with Gasteiger partial charge in [0.15, 0.2) is 5.69 Å². The monoisotopic (exact) mass is 361 g/mol. The molecule has 1 aromatic carbocycles. The van der Waals surface area contributed by atoms with Crippen LogP contribution in [-0.2, 0) is 4.79 Å². The van der Waals surface area contributed by atoms with Crippen LogP contribution >= 0.6 is 0 Å². The van der Waals surface area contributed by atoms with E-state index in [4.69, 9.17) is 0 Å². The number of amides is 1. The van der Waals surface area contributed by atoms with Crippen molar-refractivity contribution in [3.05, 3.63) is 47.5 Å². The molecule has 1 heterocycles. The number of aliphatic carboxylic acids is 1. The fourth-order valence-corrected chi connectivity index (χ4v) is 2.47. The number of carboxylic acids is 1. The summed E-state index contributed by atoms with van der Waals surface area (Å²) in [6.45, 7) is 7.76. The molecule has 0 saturated heterocycles. The van der Waals surface area contributed by atoms with E-state index < -0.39 is 17.9 Å². The highest BCUT2D eigenvalue weighted by Crippen LogP contribution is 2.22. The van der Waals surface area contributed by atoms with Gasteiger partial charge in [-0.15, -0.1) is 0 Å². The molecular weight excluding hydrogens is 337 g/mol. The molecule has 26 heavy (non-hydrogen) atoms. The van der Waals surface area contributed by atoms with Gasteiger partial charge < -0.3 is 10.4 Å². The minimum Gasteiger partial charge on any atom is -0.480 e. The average molecular weight is 361 g/mol. The van der Waals surface area contributed by atoms with Crippen LogP contribution in [0, 0.1) is 18.2 Å². The van der Waals surface area contributed by atoms with Gasteiger partial charge in [0.1, 0.15) is 11.9 Å². The number of hydrogen-bond donors (Lipinski definition) is 2. The van der Waals surface area contributed by atoms with Crippen molar-refractivity contribution in [2.75, 3.05) is 0 Å². The molecule has 2 rings (SSSR count). The second-order valence-corrected chi connectivity index (χ2v) is 7.55. The molecule has 1 unspecified atom stereocenters. The van der Waals surface area contributed by atoms with Crippen molar-refractivity contribution < 1.29 is 19.1 Å². The lowest BCUT2D eigenvalue weighted by Crippen LogP contribution is -2.41. The van der Waals surface area contributed by atoms with Gasteiger partial charge in [-0.1, -0.05) is 20.8 Å². The third-order valence-electron chi connectivity index (χ3n) is 3.99.